The predicted molar refractivity (Wildman–Crippen MR) is 56.1 cm³/mol. The Labute approximate surface area is 87.3 Å². The number of nitrogens with zero attached hydrogens (tertiary/aromatic N) is 2. The molecule has 2 N–H and O–H groups in total. The summed E-state index contributed by atoms with van der Waals surface area (Å²) in [6, 6.07) is 8.11. The first-order valence-corrected chi connectivity index (χ1v) is 4.74. The fraction of sp³-hybridized carbons (Fsp3) is 0.182. The molecule has 1 atom stereocenters. The highest BCUT2D eigenvalue weighted by molar-refractivity contribution is 5.34. The number of hydrogen-bond donors (Lipinski definition) is 1. The minimum atomic E-state index is -0.303. The van der Waals surface area contributed by atoms with E-state index < -0.39 is 0 Å². The number of rotatable bonds is 2. The van der Waals surface area contributed by atoms with Gasteiger partial charge in [0.2, 0.25) is 0 Å². The monoisotopic (exact) mass is 205 g/mol. The van der Waals surface area contributed by atoms with Crippen LogP contribution in [0.25, 0.3) is 5.69 Å². The smallest absolute Gasteiger partial charge is 0.148 e. The quantitative estimate of drug-likeness (QED) is 0.815. The average Bonchev–Trinajstić information content (AvgIpc) is 2.67. The summed E-state index contributed by atoms with van der Waals surface area (Å²) in [6.45, 7) is 1.84. The highest BCUT2D eigenvalue weighted by Gasteiger charge is 2.11. The Hall–Kier alpha value is -1.68. The SMILES string of the molecule is CC(N)c1ccnn1-c1ccccc1F. The Morgan fingerprint density at radius 3 is 2.73 bits per heavy atom. The van der Waals surface area contributed by atoms with Gasteiger partial charge in [0.15, 0.2) is 0 Å². The van der Waals surface area contributed by atoms with Gasteiger partial charge in [-0.05, 0) is 25.1 Å². The average molecular weight is 205 g/mol. The maximum absolute atomic E-state index is 13.5. The third-order valence-corrected chi connectivity index (χ3v) is 2.22. The number of benzene rings is 1. The van der Waals surface area contributed by atoms with E-state index in [-0.39, 0.29) is 11.9 Å². The first-order chi connectivity index (χ1) is 7.20. The van der Waals surface area contributed by atoms with Crippen molar-refractivity contribution in [3.8, 4) is 5.69 Å². The van der Waals surface area contributed by atoms with E-state index in [1.165, 1.54) is 10.7 Å². The lowest BCUT2D eigenvalue weighted by Crippen LogP contribution is -2.12. The van der Waals surface area contributed by atoms with Crippen LogP contribution in [-0.2, 0) is 0 Å². The summed E-state index contributed by atoms with van der Waals surface area (Å²) in [6.07, 6.45) is 1.62. The number of halogens is 1. The maximum Gasteiger partial charge on any atom is 0.148 e. The van der Waals surface area contributed by atoms with Gasteiger partial charge >= 0.3 is 0 Å². The molecule has 0 spiro atoms. The first kappa shape index (κ1) is 9.86. The van der Waals surface area contributed by atoms with Crippen LogP contribution in [0.15, 0.2) is 36.5 Å². The van der Waals surface area contributed by atoms with Crippen molar-refractivity contribution in [2.24, 2.45) is 5.73 Å². The second-order valence-corrected chi connectivity index (χ2v) is 3.41. The van der Waals surface area contributed by atoms with Crippen molar-refractivity contribution in [2.75, 3.05) is 0 Å². The van der Waals surface area contributed by atoms with Gasteiger partial charge in [0, 0.05) is 12.2 Å². The number of hydrogen-bond acceptors (Lipinski definition) is 2. The minimum Gasteiger partial charge on any atom is -0.323 e. The second kappa shape index (κ2) is 3.82. The van der Waals surface area contributed by atoms with Crippen LogP contribution in [-0.4, -0.2) is 9.78 Å². The molecule has 0 amide bonds. The normalized spacial score (nSPS) is 12.7. The standard InChI is InChI=1S/C11H12FN3/c1-8(13)10-6-7-14-15(10)11-5-3-2-4-9(11)12/h2-8H,13H2,1H3. The van der Waals surface area contributed by atoms with Crippen molar-refractivity contribution in [1.82, 2.24) is 9.78 Å². The van der Waals surface area contributed by atoms with Gasteiger partial charge in [0.05, 0.1) is 5.69 Å². The summed E-state index contributed by atoms with van der Waals surface area (Å²) < 4.78 is 15.0. The maximum atomic E-state index is 13.5. The highest BCUT2D eigenvalue weighted by atomic mass is 19.1. The predicted octanol–water partition coefficient (Wildman–Crippen LogP) is 2.03. The van der Waals surface area contributed by atoms with Gasteiger partial charge in [-0.1, -0.05) is 12.1 Å². The van der Waals surface area contributed by atoms with Crippen LogP contribution in [0.2, 0.25) is 0 Å². The molecule has 1 unspecified atom stereocenters. The van der Waals surface area contributed by atoms with Gasteiger partial charge in [-0.2, -0.15) is 5.10 Å². The van der Waals surface area contributed by atoms with E-state index in [4.69, 9.17) is 5.73 Å². The summed E-state index contributed by atoms with van der Waals surface area (Å²) in [5.74, 6) is -0.303. The zero-order valence-corrected chi connectivity index (χ0v) is 8.39. The molecule has 2 rings (SSSR count). The van der Waals surface area contributed by atoms with E-state index >= 15 is 0 Å². The third kappa shape index (κ3) is 1.76. The number of nitrogens with two attached hydrogens (primary N) is 1. The van der Waals surface area contributed by atoms with Crippen molar-refractivity contribution in [2.45, 2.75) is 13.0 Å². The zero-order valence-electron chi connectivity index (χ0n) is 8.39. The lowest BCUT2D eigenvalue weighted by Gasteiger charge is -2.10. The topological polar surface area (TPSA) is 43.8 Å². The lowest BCUT2D eigenvalue weighted by atomic mass is 10.2. The van der Waals surface area contributed by atoms with Gasteiger partial charge in [-0.15, -0.1) is 0 Å². The van der Waals surface area contributed by atoms with Crippen LogP contribution in [0.5, 0.6) is 0 Å². The molecule has 0 aliphatic rings. The molecule has 0 bridgehead atoms. The van der Waals surface area contributed by atoms with Crippen molar-refractivity contribution < 1.29 is 4.39 Å². The van der Waals surface area contributed by atoms with Gasteiger partial charge in [0.25, 0.3) is 0 Å². The molecule has 1 aromatic carbocycles. The molecule has 1 aromatic heterocycles. The van der Waals surface area contributed by atoms with Crippen molar-refractivity contribution in [1.29, 1.82) is 0 Å². The highest BCUT2D eigenvalue weighted by Crippen LogP contribution is 2.17. The van der Waals surface area contributed by atoms with Crippen molar-refractivity contribution in [3.05, 3.63) is 48.0 Å². The van der Waals surface area contributed by atoms with Crippen LogP contribution in [0, 0.1) is 5.82 Å². The lowest BCUT2D eigenvalue weighted by molar-refractivity contribution is 0.600. The van der Waals surface area contributed by atoms with Gasteiger partial charge in [-0.25, -0.2) is 9.07 Å². The summed E-state index contributed by atoms with van der Waals surface area (Å²) in [7, 11) is 0. The van der Waals surface area contributed by atoms with E-state index in [1.807, 2.05) is 6.92 Å². The molecular weight excluding hydrogens is 193 g/mol. The van der Waals surface area contributed by atoms with Crippen LogP contribution in [0.3, 0.4) is 0 Å². The van der Waals surface area contributed by atoms with Gasteiger partial charge < -0.3 is 5.73 Å². The molecule has 1 heterocycles. The molecule has 0 fully saturated rings. The number of para-hydroxylation sites is 1. The number of aromatic nitrogens is 2. The summed E-state index contributed by atoms with van der Waals surface area (Å²) in [5.41, 5.74) is 6.98. The molecule has 0 saturated carbocycles. The molecule has 4 heteroatoms. The summed E-state index contributed by atoms with van der Waals surface area (Å²) in [5, 5.41) is 4.07. The molecule has 78 valence electrons. The largest absolute Gasteiger partial charge is 0.323 e. The Balaban J connectivity index is 2.55. The fourth-order valence-corrected chi connectivity index (χ4v) is 1.48. The molecule has 15 heavy (non-hydrogen) atoms. The molecule has 0 aliphatic carbocycles. The van der Waals surface area contributed by atoms with E-state index in [1.54, 1.807) is 30.5 Å². The summed E-state index contributed by atoms with van der Waals surface area (Å²) in [4.78, 5) is 0. The van der Waals surface area contributed by atoms with Crippen molar-refractivity contribution >= 4 is 0 Å². The van der Waals surface area contributed by atoms with E-state index in [9.17, 15) is 4.39 Å². The zero-order chi connectivity index (χ0) is 10.8. The van der Waals surface area contributed by atoms with Crippen molar-refractivity contribution in [3.63, 3.8) is 0 Å². The molecular formula is C11H12FN3. The Morgan fingerprint density at radius 1 is 1.33 bits per heavy atom. The van der Waals surface area contributed by atoms with Crippen LogP contribution < -0.4 is 5.73 Å². The Morgan fingerprint density at radius 2 is 2.07 bits per heavy atom. The van der Waals surface area contributed by atoms with E-state index in [0.717, 1.165) is 5.69 Å². The summed E-state index contributed by atoms with van der Waals surface area (Å²) >= 11 is 0. The Kier molecular flexibility index (Phi) is 2.51. The van der Waals surface area contributed by atoms with Gasteiger partial charge in [-0.3, -0.25) is 0 Å². The first-order valence-electron chi connectivity index (χ1n) is 4.74. The van der Waals surface area contributed by atoms with E-state index in [2.05, 4.69) is 5.10 Å². The fourth-order valence-electron chi connectivity index (χ4n) is 1.48. The molecule has 2 aromatic rings. The second-order valence-electron chi connectivity index (χ2n) is 3.41. The van der Waals surface area contributed by atoms with Crippen LogP contribution in [0.4, 0.5) is 4.39 Å². The van der Waals surface area contributed by atoms with Crippen LogP contribution >= 0.6 is 0 Å². The van der Waals surface area contributed by atoms with Gasteiger partial charge in [0.1, 0.15) is 11.5 Å². The molecule has 0 radical (unpaired) electrons. The molecule has 3 nitrogen and oxygen atoms in total. The molecule has 0 aliphatic heterocycles. The Bertz CT molecular complexity index is 462. The van der Waals surface area contributed by atoms with Crippen LogP contribution in [0.1, 0.15) is 18.7 Å². The van der Waals surface area contributed by atoms with E-state index in [0.29, 0.717) is 5.69 Å². The third-order valence-electron chi connectivity index (χ3n) is 2.22. The minimum absolute atomic E-state index is 0.174. The molecule has 0 saturated heterocycles.